The summed E-state index contributed by atoms with van der Waals surface area (Å²) in [5.41, 5.74) is 1.19. The quantitative estimate of drug-likeness (QED) is 0.900. The van der Waals surface area contributed by atoms with E-state index in [0.29, 0.717) is 5.92 Å². The van der Waals surface area contributed by atoms with Crippen molar-refractivity contribution in [2.24, 2.45) is 5.92 Å². The number of halogens is 1. The second-order valence-electron chi connectivity index (χ2n) is 5.18. The van der Waals surface area contributed by atoms with Gasteiger partial charge < -0.3 is 5.32 Å². The van der Waals surface area contributed by atoms with Crippen LogP contribution in [0.15, 0.2) is 54.6 Å². The minimum Gasteiger partial charge on any atom is -0.345 e. The van der Waals surface area contributed by atoms with Crippen molar-refractivity contribution >= 4 is 5.91 Å². The number of hydrogen-bond donors (Lipinski definition) is 1. The molecule has 0 heterocycles. The highest BCUT2D eigenvalue weighted by Gasteiger charge is 2.33. The van der Waals surface area contributed by atoms with Crippen LogP contribution in [0, 0.1) is 11.7 Å². The summed E-state index contributed by atoms with van der Waals surface area (Å²) < 4.78 is 13.6. The molecule has 1 atom stereocenters. The summed E-state index contributed by atoms with van der Waals surface area (Å²) in [7, 11) is 0. The van der Waals surface area contributed by atoms with E-state index in [4.69, 9.17) is 0 Å². The zero-order valence-electron chi connectivity index (χ0n) is 11.1. The van der Waals surface area contributed by atoms with Gasteiger partial charge in [-0.1, -0.05) is 42.5 Å². The molecule has 3 rings (SSSR count). The monoisotopic (exact) mass is 269 g/mol. The second-order valence-corrected chi connectivity index (χ2v) is 5.18. The van der Waals surface area contributed by atoms with E-state index in [1.807, 2.05) is 30.3 Å². The molecule has 2 nitrogen and oxygen atoms in total. The lowest BCUT2D eigenvalue weighted by molar-refractivity contribution is 0.0927. The minimum atomic E-state index is -0.479. The van der Waals surface area contributed by atoms with Crippen molar-refractivity contribution in [3.63, 3.8) is 0 Å². The van der Waals surface area contributed by atoms with Crippen molar-refractivity contribution in [3.8, 4) is 0 Å². The zero-order chi connectivity index (χ0) is 13.9. The Morgan fingerprint density at radius 2 is 1.70 bits per heavy atom. The van der Waals surface area contributed by atoms with Gasteiger partial charge in [-0.25, -0.2) is 4.39 Å². The normalized spacial score (nSPS) is 15.7. The predicted molar refractivity (Wildman–Crippen MR) is 75.8 cm³/mol. The van der Waals surface area contributed by atoms with E-state index < -0.39 is 5.82 Å². The molecular formula is C17H16FNO. The Kier molecular flexibility index (Phi) is 3.50. The highest BCUT2D eigenvalue weighted by Crippen LogP contribution is 2.41. The van der Waals surface area contributed by atoms with Crippen LogP contribution in [0.2, 0.25) is 0 Å². The molecule has 1 aliphatic rings. The van der Waals surface area contributed by atoms with Gasteiger partial charge in [-0.2, -0.15) is 0 Å². The van der Waals surface area contributed by atoms with Crippen LogP contribution in [0.5, 0.6) is 0 Å². The van der Waals surface area contributed by atoms with Gasteiger partial charge in [0.1, 0.15) is 5.82 Å². The van der Waals surface area contributed by atoms with Crippen molar-refractivity contribution < 1.29 is 9.18 Å². The van der Waals surface area contributed by atoms with E-state index in [9.17, 15) is 9.18 Å². The Hall–Kier alpha value is -2.16. The fourth-order valence-electron chi connectivity index (χ4n) is 2.43. The lowest BCUT2D eigenvalue weighted by atomic mass is 10.0. The summed E-state index contributed by atoms with van der Waals surface area (Å²) in [5, 5.41) is 2.97. The molecule has 1 amide bonds. The molecule has 1 N–H and O–H groups in total. The van der Waals surface area contributed by atoms with Crippen molar-refractivity contribution in [2.45, 2.75) is 18.9 Å². The maximum Gasteiger partial charge on any atom is 0.254 e. The molecule has 0 spiro atoms. The highest BCUT2D eigenvalue weighted by molar-refractivity contribution is 5.94. The molecule has 2 aromatic rings. The average Bonchev–Trinajstić information content (AvgIpc) is 3.30. The molecule has 102 valence electrons. The zero-order valence-corrected chi connectivity index (χ0v) is 11.1. The molecule has 0 aliphatic heterocycles. The summed E-state index contributed by atoms with van der Waals surface area (Å²) >= 11 is 0. The molecule has 2 aromatic carbocycles. The van der Waals surface area contributed by atoms with Gasteiger partial charge in [-0.3, -0.25) is 4.79 Å². The second kappa shape index (κ2) is 5.45. The van der Waals surface area contributed by atoms with Crippen molar-refractivity contribution in [1.29, 1.82) is 0 Å². The lowest BCUT2D eigenvalue weighted by Gasteiger charge is -2.19. The number of benzene rings is 2. The molecule has 0 bridgehead atoms. The summed E-state index contributed by atoms with van der Waals surface area (Å²) in [6.45, 7) is 0. The summed E-state index contributed by atoms with van der Waals surface area (Å²) in [4.78, 5) is 12.2. The van der Waals surface area contributed by atoms with Crippen molar-refractivity contribution in [1.82, 2.24) is 5.32 Å². The van der Waals surface area contributed by atoms with E-state index in [1.165, 1.54) is 12.1 Å². The van der Waals surface area contributed by atoms with E-state index in [1.54, 1.807) is 12.1 Å². The fraction of sp³-hybridized carbons (Fsp3) is 0.235. The first kappa shape index (κ1) is 12.9. The van der Waals surface area contributed by atoms with Crippen molar-refractivity contribution in [2.75, 3.05) is 0 Å². The molecular weight excluding hydrogens is 253 g/mol. The predicted octanol–water partition coefficient (Wildman–Crippen LogP) is 3.71. The van der Waals surface area contributed by atoms with Crippen LogP contribution in [0.25, 0.3) is 0 Å². The standard InChI is InChI=1S/C17H16FNO/c18-15-9-5-4-8-14(15)17(20)19-16(13-10-11-13)12-6-2-1-3-7-12/h1-9,13,16H,10-11H2,(H,19,20)/t16-/m1/s1. The minimum absolute atomic E-state index is 0.0247. The van der Waals surface area contributed by atoms with E-state index in [2.05, 4.69) is 5.32 Å². The summed E-state index contributed by atoms with van der Waals surface area (Å²) in [5.74, 6) is -0.357. The number of hydrogen-bond acceptors (Lipinski definition) is 1. The van der Waals surface area contributed by atoms with Gasteiger partial charge in [0.15, 0.2) is 0 Å². The van der Waals surface area contributed by atoms with Gasteiger partial charge in [-0.05, 0) is 36.5 Å². The van der Waals surface area contributed by atoms with Gasteiger partial charge in [-0.15, -0.1) is 0 Å². The maximum atomic E-state index is 13.6. The Morgan fingerprint density at radius 1 is 1.05 bits per heavy atom. The number of nitrogens with one attached hydrogen (secondary N) is 1. The summed E-state index contributed by atoms with van der Waals surface area (Å²) in [6, 6.07) is 15.9. The van der Waals surface area contributed by atoms with Gasteiger partial charge >= 0.3 is 0 Å². The Labute approximate surface area is 117 Å². The van der Waals surface area contributed by atoms with Gasteiger partial charge in [0.25, 0.3) is 5.91 Å². The van der Waals surface area contributed by atoms with Crippen molar-refractivity contribution in [3.05, 3.63) is 71.5 Å². The molecule has 1 fully saturated rings. The highest BCUT2D eigenvalue weighted by atomic mass is 19.1. The average molecular weight is 269 g/mol. The van der Waals surface area contributed by atoms with Crippen LogP contribution >= 0.6 is 0 Å². The Morgan fingerprint density at radius 3 is 2.35 bits per heavy atom. The van der Waals surface area contributed by atoms with Crippen LogP contribution < -0.4 is 5.32 Å². The smallest absolute Gasteiger partial charge is 0.254 e. The van der Waals surface area contributed by atoms with Crippen LogP contribution in [0.3, 0.4) is 0 Å². The molecule has 0 radical (unpaired) electrons. The summed E-state index contributed by atoms with van der Waals surface area (Å²) in [6.07, 6.45) is 2.22. The molecule has 0 unspecified atom stereocenters. The Bertz CT molecular complexity index is 607. The largest absolute Gasteiger partial charge is 0.345 e. The third kappa shape index (κ3) is 2.72. The first-order chi connectivity index (χ1) is 9.75. The van der Waals surface area contributed by atoms with Gasteiger partial charge in [0, 0.05) is 0 Å². The van der Waals surface area contributed by atoms with Crippen LogP contribution in [-0.2, 0) is 0 Å². The molecule has 20 heavy (non-hydrogen) atoms. The number of rotatable bonds is 4. The van der Waals surface area contributed by atoms with Gasteiger partial charge in [0.2, 0.25) is 0 Å². The number of carbonyl (C=O) groups excluding carboxylic acids is 1. The third-order valence-electron chi connectivity index (χ3n) is 3.66. The SMILES string of the molecule is O=C(N[C@H](c1ccccc1)C1CC1)c1ccccc1F. The topological polar surface area (TPSA) is 29.1 Å². The van der Waals surface area contributed by atoms with Crippen LogP contribution in [0.4, 0.5) is 4.39 Å². The number of carbonyl (C=O) groups is 1. The van der Waals surface area contributed by atoms with Crippen LogP contribution in [-0.4, -0.2) is 5.91 Å². The van der Waals surface area contributed by atoms with E-state index >= 15 is 0 Å². The lowest BCUT2D eigenvalue weighted by Crippen LogP contribution is -2.30. The first-order valence-electron chi connectivity index (χ1n) is 6.86. The fourth-order valence-corrected chi connectivity index (χ4v) is 2.43. The molecule has 1 aliphatic carbocycles. The van der Waals surface area contributed by atoms with E-state index in [-0.39, 0.29) is 17.5 Å². The maximum absolute atomic E-state index is 13.6. The molecule has 0 aromatic heterocycles. The molecule has 1 saturated carbocycles. The number of amides is 1. The third-order valence-corrected chi connectivity index (χ3v) is 3.66. The molecule has 0 saturated heterocycles. The first-order valence-corrected chi connectivity index (χ1v) is 6.86. The van der Waals surface area contributed by atoms with Gasteiger partial charge in [0.05, 0.1) is 11.6 Å². The van der Waals surface area contributed by atoms with Crippen LogP contribution in [0.1, 0.15) is 34.8 Å². The van der Waals surface area contributed by atoms with E-state index in [0.717, 1.165) is 18.4 Å². The Balaban J connectivity index is 1.81. The molecule has 3 heteroatoms.